The molecule has 1 aliphatic carbocycles. The first-order chi connectivity index (χ1) is 19.6. The summed E-state index contributed by atoms with van der Waals surface area (Å²) in [5.74, 6) is 1.39. The third kappa shape index (κ3) is 6.41. The van der Waals surface area contributed by atoms with Gasteiger partial charge in [0.1, 0.15) is 12.4 Å². The molecule has 1 N–H and O–H groups in total. The van der Waals surface area contributed by atoms with E-state index in [9.17, 15) is 9.90 Å². The maximum Gasteiger partial charge on any atom is 0.321 e. The van der Waals surface area contributed by atoms with Gasteiger partial charge in [-0.15, -0.1) is 0 Å². The molecule has 0 spiro atoms. The molecule has 3 unspecified atom stereocenters. The van der Waals surface area contributed by atoms with E-state index >= 15 is 0 Å². The summed E-state index contributed by atoms with van der Waals surface area (Å²) in [6.45, 7) is 5.19. The predicted molar refractivity (Wildman–Crippen MR) is 157 cm³/mol. The van der Waals surface area contributed by atoms with E-state index in [4.69, 9.17) is 0 Å². The number of pyridine rings is 1. The highest BCUT2D eigenvalue weighted by molar-refractivity contribution is 5.74. The Labute approximate surface area is 238 Å². The molecule has 2 saturated heterocycles. The molecule has 1 saturated carbocycles. The van der Waals surface area contributed by atoms with E-state index in [0.717, 1.165) is 50.5 Å². The highest BCUT2D eigenvalue weighted by Gasteiger charge is 2.43. The third-order valence-corrected chi connectivity index (χ3v) is 10.1. The fraction of sp³-hybridized carbons (Fsp3) is 0.606. The van der Waals surface area contributed by atoms with Crippen molar-refractivity contribution in [3.8, 4) is 0 Å². The number of carboxylic acid groups (broad SMARTS) is 1. The smallest absolute Gasteiger partial charge is 0.321 e. The summed E-state index contributed by atoms with van der Waals surface area (Å²) in [6.07, 6.45) is 15.6. The Balaban J connectivity index is 1.03. The highest BCUT2D eigenvalue weighted by atomic mass is 16.4. The molecule has 40 heavy (non-hydrogen) atoms. The van der Waals surface area contributed by atoms with Crippen LogP contribution in [0.1, 0.15) is 74.8 Å². The average Bonchev–Trinajstić information content (AvgIpc) is 3.62. The van der Waals surface area contributed by atoms with Gasteiger partial charge in [-0.2, -0.15) is 5.10 Å². The lowest BCUT2D eigenvalue weighted by molar-refractivity contribution is -0.145. The first-order valence-electron chi connectivity index (χ1n) is 15.7. The monoisotopic (exact) mass is 543 g/mol. The van der Waals surface area contributed by atoms with E-state index in [0.29, 0.717) is 17.8 Å². The Morgan fingerprint density at radius 2 is 1.77 bits per heavy atom. The minimum absolute atomic E-state index is 0.301. The zero-order valence-corrected chi connectivity index (χ0v) is 23.8. The van der Waals surface area contributed by atoms with E-state index in [-0.39, 0.29) is 6.04 Å². The first kappa shape index (κ1) is 27.4. The SMILES string of the molecule is O=C(O)C(C1CCCCC1)N1CC(CN2CCC(CCCc3ccc4ncnn4c3)CC2)C(c2ccccc2)C1. The van der Waals surface area contributed by atoms with Gasteiger partial charge in [0.05, 0.1) is 0 Å². The van der Waals surface area contributed by atoms with Gasteiger partial charge in [0, 0.05) is 31.7 Å². The molecule has 0 radical (unpaired) electrons. The number of carboxylic acids is 1. The zero-order chi connectivity index (χ0) is 27.3. The molecular formula is C33H45N5O2. The van der Waals surface area contributed by atoms with Crippen molar-refractivity contribution in [1.82, 2.24) is 24.4 Å². The minimum Gasteiger partial charge on any atom is -0.480 e. The molecule has 214 valence electrons. The molecule has 1 aromatic carbocycles. The molecule has 7 nitrogen and oxygen atoms in total. The van der Waals surface area contributed by atoms with Crippen LogP contribution in [0.2, 0.25) is 0 Å². The summed E-state index contributed by atoms with van der Waals surface area (Å²) in [5, 5.41) is 14.6. The normalized spacial score (nSPS) is 24.5. The molecule has 7 heteroatoms. The number of hydrogen-bond donors (Lipinski definition) is 1. The number of benzene rings is 1. The number of piperidine rings is 1. The first-order valence-corrected chi connectivity index (χ1v) is 15.7. The van der Waals surface area contributed by atoms with Crippen molar-refractivity contribution < 1.29 is 9.90 Å². The summed E-state index contributed by atoms with van der Waals surface area (Å²) >= 11 is 0. The van der Waals surface area contributed by atoms with E-state index in [1.165, 1.54) is 69.2 Å². The van der Waals surface area contributed by atoms with Crippen molar-refractivity contribution in [2.75, 3.05) is 32.7 Å². The molecule has 6 rings (SSSR count). The van der Waals surface area contributed by atoms with Gasteiger partial charge >= 0.3 is 5.97 Å². The van der Waals surface area contributed by atoms with Crippen molar-refractivity contribution in [3.63, 3.8) is 0 Å². The fourth-order valence-electron chi connectivity index (χ4n) is 7.89. The summed E-state index contributed by atoms with van der Waals surface area (Å²) in [6, 6.07) is 14.8. The lowest BCUT2D eigenvalue weighted by Gasteiger charge is -2.35. The van der Waals surface area contributed by atoms with E-state index < -0.39 is 5.97 Å². The van der Waals surface area contributed by atoms with Crippen molar-refractivity contribution in [2.24, 2.45) is 17.8 Å². The molecule has 4 heterocycles. The maximum absolute atomic E-state index is 12.5. The molecule has 0 amide bonds. The summed E-state index contributed by atoms with van der Waals surface area (Å²) < 4.78 is 1.87. The van der Waals surface area contributed by atoms with E-state index in [1.54, 1.807) is 6.33 Å². The average molecular weight is 544 g/mol. The molecule has 2 aliphatic heterocycles. The summed E-state index contributed by atoms with van der Waals surface area (Å²) in [5.41, 5.74) is 3.62. The second-order valence-corrected chi connectivity index (χ2v) is 12.6. The van der Waals surface area contributed by atoms with Gasteiger partial charge in [0.2, 0.25) is 0 Å². The molecule has 3 aliphatic rings. The van der Waals surface area contributed by atoms with Crippen LogP contribution in [0.25, 0.3) is 5.65 Å². The topological polar surface area (TPSA) is 74.0 Å². The van der Waals surface area contributed by atoms with Crippen LogP contribution < -0.4 is 0 Å². The Hall–Kier alpha value is -2.77. The second kappa shape index (κ2) is 12.8. The molecule has 0 bridgehead atoms. The minimum atomic E-state index is -0.610. The summed E-state index contributed by atoms with van der Waals surface area (Å²) in [4.78, 5) is 21.8. The van der Waals surface area contributed by atoms with Crippen molar-refractivity contribution in [2.45, 2.75) is 76.2 Å². The quantitative estimate of drug-likeness (QED) is 0.363. The van der Waals surface area contributed by atoms with Gasteiger partial charge in [0.15, 0.2) is 5.65 Å². The van der Waals surface area contributed by atoms with Crippen LogP contribution >= 0.6 is 0 Å². The van der Waals surface area contributed by atoms with Crippen molar-refractivity contribution in [1.29, 1.82) is 0 Å². The van der Waals surface area contributed by atoms with Gasteiger partial charge in [-0.25, -0.2) is 9.50 Å². The molecular weight excluding hydrogens is 498 g/mol. The highest BCUT2D eigenvalue weighted by Crippen LogP contribution is 2.38. The summed E-state index contributed by atoms with van der Waals surface area (Å²) in [7, 11) is 0. The van der Waals surface area contributed by atoms with E-state index in [2.05, 4.69) is 68.5 Å². The zero-order valence-electron chi connectivity index (χ0n) is 23.8. The Morgan fingerprint density at radius 3 is 2.55 bits per heavy atom. The van der Waals surface area contributed by atoms with Crippen molar-refractivity contribution in [3.05, 3.63) is 66.1 Å². The lowest BCUT2D eigenvalue weighted by atomic mass is 9.83. The van der Waals surface area contributed by atoms with Crippen LogP contribution in [0.15, 0.2) is 55.0 Å². The van der Waals surface area contributed by atoms with Gasteiger partial charge in [-0.1, -0.05) is 62.1 Å². The predicted octanol–water partition coefficient (Wildman–Crippen LogP) is 5.51. The molecule has 3 fully saturated rings. The Bertz CT molecular complexity index is 1230. The molecule has 2 aromatic heterocycles. The molecule has 3 aromatic rings. The van der Waals surface area contributed by atoms with Gasteiger partial charge in [0.25, 0.3) is 0 Å². The number of likely N-dealkylation sites (tertiary alicyclic amines) is 2. The standard InChI is InChI=1S/C33H45N5O2/c39-33(40)32(28-12-5-2-6-13-28)37-22-29(30(23-37)27-10-3-1-4-11-27)21-36-18-16-25(17-19-36)8-7-9-26-14-15-31-34-24-35-38(31)20-26/h1,3-4,10-11,14-15,20,24-25,28-30,32H,2,5-9,12-13,16-19,21-23H2,(H,39,40). The van der Waals surface area contributed by atoms with Crippen LogP contribution in [0.3, 0.4) is 0 Å². The van der Waals surface area contributed by atoms with Crippen LogP contribution in [-0.2, 0) is 11.2 Å². The number of aromatic nitrogens is 3. The van der Waals surface area contributed by atoms with Crippen LogP contribution in [-0.4, -0.2) is 74.2 Å². The van der Waals surface area contributed by atoms with Crippen molar-refractivity contribution >= 4 is 11.6 Å². The van der Waals surface area contributed by atoms with Gasteiger partial charge < -0.3 is 10.0 Å². The fourth-order valence-corrected chi connectivity index (χ4v) is 7.89. The Morgan fingerprint density at radius 1 is 0.975 bits per heavy atom. The van der Waals surface area contributed by atoms with Gasteiger partial charge in [-0.3, -0.25) is 9.69 Å². The Kier molecular flexibility index (Phi) is 8.78. The second-order valence-electron chi connectivity index (χ2n) is 12.6. The number of hydrogen-bond acceptors (Lipinski definition) is 5. The number of carbonyl (C=O) groups is 1. The maximum atomic E-state index is 12.5. The largest absolute Gasteiger partial charge is 0.480 e. The van der Waals surface area contributed by atoms with E-state index in [1.807, 2.05) is 4.52 Å². The lowest BCUT2D eigenvalue weighted by Crippen LogP contribution is -2.46. The van der Waals surface area contributed by atoms with Crippen LogP contribution in [0.5, 0.6) is 0 Å². The van der Waals surface area contributed by atoms with Crippen LogP contribution in [0.4, 0.5) is 0 Å². The number of aliphatic carboxylic acids is 1. The number of fused-ring (bicyclic) bond motifs is 1. The van der Waals surface area contributed by atoms with Crippen LogP contribution in [0, 0.1) is 17.8 Å². The number of nitrogens with zero attached hydrogens (tertiary/aromatic N) is 5. The number of aryl methyl sites for hydroxylation is 1. The number of rotatable bonds is 10. The third-order valence-electron chi connectivity index (χ3n) is 10.1. The van der Waals surface area contributed by atoms with Gasteiger partial charge in [-0.05, 0) is 86.6 Å². The molecule has 3 atom stereocenters.